The van der Waals surface area contributed by atoms with E-state index in [9.17, 15) is 4.79 Å². The Morgan fingerprint density at radius 3 is 2.30 bits per heavy atom. The molecule has 1 N–H and O–H groups in total. The van der Waals surface area contributed by atoms with Crippen molar-refractivity contribution in [2.75, 3.05) is 19.7 Å². The molecule has 0 aliphatic carbocycles. The molecule has 0 bridgehead atoms. The third-order valence-corrected chi connectivity index (χ3v) is 6.50. The second kappa shape index (κ2) is 10.1. The molecule has 1 fully saturated rings. The van der Waals surface area contributed by atoms with Crippen LogP contribution in [0.4, 0.5) is 4.79 Å². The Bertz CT molecular complexity index is 1020. The van der Waals surface area contributed by atoms with Crippen molar-refractivity contribution in [3.05, 3.63) is 101 Å². The third-order valence-electron chi connectivity index (χ3n) is 6.50. The molecular formula is C28H30N2O3. The first kappa shape index (κ1) is 21.5. The van der Waals surface area contributed by atoms with Crippen LogP contribution in [0.15, 0.2) is 78.9 Å². The maximum Gasteiger partial charge on any atom is 0.408 e. The van der Waals surface area contributed by atoms with Crippen molar-refractivity contribution in [3.63, 3.8) is 0 Å². The topological polar surface area (TPSA) is 50.8 Å². The van der Waals surface area contributed by atoms with E-state index in [0.717, 1.165) is 62.4 Å². The van der Waals surface area contributed by atoms with Gasteiger partial charge in [0, 0.05) is 26.1 Å². The number of hydrogen-bond acceptors (Lipinski definition) is 4. The van der Waals surface area contributed by atoms with Crippen LogP contribution in [0.5, 0.6) is 5.75 Å². The summed E-state index contributed by atoms with van der Waals surface area (Å²) >= 11 is 0. The van der Waals surface area contributed by atoms with E-state index in [0.29, 0.717) is 0 Å². The summed E-state index contributed by atoms with van der Waals surface area (Å²) in [5, 5.41) is 3.09. The van der Waals surface area contributed by atoms with Gasteiger partial charge in [-0.3, -0.25) is 4.90 Å². The number of hydrogen-bond donors (Lipinski definition) is 1. The van der Waals surface area contributed by atoms with Crippen molar-refractivity contribution in [1.82, 2.24) is 10.2 Å². The Balaban J connectivity index is 1.14. The molecule has 0 atom stereocenters. The lowest BCUT2D eigenvalue weighted by molar-refractivity contribution is 0.0476. The fourth-order valence-corrected chi connectivity index (χ4v) is 4.74. The number of piperidine rings is 1. The van der Waals surface area contributed by atoms with Gasteiger partial charge in [0.1, 0.15) is 11.9 Å². The zero-order valence-corrected chi connectivity index (χ0v) is 18.8. The van der Waals surface area contributed by atoms with Gasteiger partial charge in [-0.1, -0.05) is 72.8 Å². The number of nitrogens with zero attached hydrogens (tertiary/aromatic N) is 1. The molecule has 3 aromatic rings. The van der Waals surface area contributed by atoms with Gasteiger partial charge < -0.3 is 14.8 Å². The minimum absolute atomic E-state index is 0.0538. The first-order valence-corrected chi connectivity index (χ1v) is 11.8. The van der Waals surface area contributed by atoms with E-state index < -0.39 is 0 Å². The highest BCUT2D eigenvalue weighted by Crippen LogP contribution is 2.27. The number of carbonyl (C=O) groups excluding carboxylic acids is 1. The molecule has 0 spiro atoms. The highest BCUT2D eigenvalue weighted by molar-refractivity contribution is 5.69. The predicted molar refractivity (Wildman–Crippen MR) is 128 cm³/mol. The van der Waals surface area contributed by atoms with E-state index in [-0.39, 0.29) is 18.2 Å². The summed E-state index contributed by atoms with van der Waals surface area (Å²) in [5.41, 5.74) is 4.71. The average Bonchev–Trinajstić information content (AvgIpc) is 3.33. The van der Waals surface area contributed by atoms with Crippen molar-refractivity contribution in [2.24, 2.45) is 0 Å². The van der Waals surface area contributed by atoms with Gasteiger partial charge in [0.25, 0.3) is 0 Å². The maximum atomic E-state index is 12.8. The Hall–Kier alpha value is -3.31. The Labute approximate surface area is 195 Å². The molecule has 1 saturated heterocycles. The summed E-state index contributed by atoms with van der Waals surface area (Å²) in [7, 11) is 0. The number of alkyl carbamates (subject to hydrolysis) is 1. The Morgan fingerprint density at radius 1 is 0.970 bits per heavy atom. The van der Waals surface area contributed by atoms with E-state index in [1.165, 1.54) is 11.1 Å². The molecule has 2 aliphatic heterocycles. The molecular weight excluding hydrogens is 412 g/mol. The third kappa shape index (κ3) is 5.37. The van der Waals surface area contributed by atoms with Crippen LogP contribution in [0.3, 0.4) is 0 Å². The van der Waals surface area contributed by atoms with Crippen LogP contribution in [0, 0.1) is 0 Å². The van der Waals surface area contributed by atoms with Crippen molar-refractivity contribution >= 4 is 6.09 Å². The van der Waals surface area contributed by atoms with Gasteiger partial charge in [0.05, 0.1) is 12.6 Å². The Kier molecular flexibility index (Phi) is 6.58. The lowest BCUT2D eigenvalue weighted by atomic mass is 9.99. The highest BCUT2D eigenvalue weighted by atomic mass is 16.6. The fraction of sp³-hybridized carbons (Fsp3) is 0.321. The molecule has 0 unspecified atom stereocenters. The molecule has 0 saturated carbocycles. The van der Waals surface area contributed by atoms with E-state index in [4.69, 9.17) is 9.47 Å². The first-order chi connectivity index (χ1) is 16.2. The summed E-state index contributed by atoms with van der Waals surface area (Å²) in [4.78, 5) is 15.2. The molecule has 5 heteroatoms. The average molecular weight is 443 g/mol. The molecule has 2 aliphatic rings. The van der Waals surface area contributed by atoms with E-state index in [2.05, 4.69) is 28.4 Å². The fourth-order valence-electron chi connectivity index (χ4n) is 4.74. The monoisotopic (exact) mass is 442 g/mol. The van der Waals surface area contributed by atoms with Crippen LogP contribution in [0.2, 0.25) is 0 Å². The molecule has 0 aromatic heterocycles. The van der Waals surface area contributed by atoms with Gasteiger partial charge in [-0.2, -0.15) is 0 Å². The number of benzene rings is 3. The number of rotatable bonds is 6. The van der Waals surface area contributed by atoms with Crippen LogP contribution in [-0.2, 0) is 17.7 Å². The quantitative estimate of drug-likeness (QED) is 0.577. The zero-order chi connectivity index (χ0) is 22.5. The normalized spacial score (nSPS) is 16.3. The molecule has 3 aromatic carbocycles. The predicted octanol–water partition coefficient (Wildman–Crippen LogP) is 5.10. The summed E-state index contributed by atoms with van der Waals surface area (Å²) < 4.78 is 11.4. The van der Waals surface area contributed by atoms with Crippen molar-refractivity contribution in [2.45, 2.75) is 38.0 Å². The second-order valence-corrected chi connectivity index (χ2v) is 8.82. The van der Waals surface area contributed by atoms with Crippen molar-refractivity contribution in [1.29, 1.82) is 0 Å². The molecule has 170 valence electrons. The molecule has 0 radical (unpaired) electrons. The summed E-state index contributed by atoms with van der Waals surface area (Å²) in [5.74, 6) is 1.03. The summed E-state index contributed by atoms with van der Waals surface area (Å²) in [6.07, 6.45) is 2.29. The molecule has 2 heterocycles. The number of carbonyl (C=O) groups is 1. The lowest BCUT2D eigenvalue weighted by Crippen LogP contribution is -2.40. The van der Waals surface area contributed by atoms with Crippen molar-refractivity contribution < 1.29 is 14.3 Å². The van der Waals surface area contributed by atoms with Gasteiger partial charge in [-0.05, 0) is 41.2 Å². The molecule has 5 rings (SSSR count). The smallest absolute Gasteiger partial charge is 0.408 e. The van der Waals surface area contributed by atoms with Gasteiger partial charge in [0.15, 0.2) is 0 Å². The highest BCUT2D eigenvalue weighted by Gasteiger charge is 2.25. The van der Waals surface area contributed by atoms with Crippen LogP contribution in [-0.4, -0.2) is 36.8 Å². The van der Waals surface area contributed by atoms with E-state index in [1.54, 1.807) is 0 Å². The summed E-state index contributed by atoms with van der Waals surface area (Å²) in [6, 6.07) is 26.3. The zero-order valence-electron chi connectivity index (χ0n) is 18.8. The molecule has 33 heavy (non-hydrogen) atoms. The minimum atomic E-state index is -0.357. The first-order valence-electron chi connectivity index (χ1n) is 11.8. The second-order valence-electron chi connectivity index (χ2n) is 8.82. The SMILES string of the molecule is O=C(NC(c1ccccc1)c1ccccc1)OC1CCN(Cc2ccc3c(c2)CCO3)CC1. The van der Waals surface area contributed by atoms with Crippen LogP contribution >= 0.6 is 0 Å². The molecule has 5 nitrogen and oxygen atoms in total. The minimum Gasteiger partial charge on any atom is -0.493 e. The largest absolute Gasteiger partial charge is 0.493 e. The van der Waals surface area contributed by atoms with Crippen molar-refractivity contribution in [3.8, 4) is 5.75 Å². The number of amides is 1. The number of likely N-dealkylation sites (tertiary alicyclic amines) is 1. The van der Waals surface area contributed by atoms with E-state index in [1.807, 2.05) is 60.7 Å². The summed E-state index contributed by atoms with van der Waals surface area (Å²) in [6.45, 7) is 3.56. The van der Waals surface area contributed by atoms with Crippen LogP contribution in [0.1, 0.15) is 41.1 Å². The van der Waals surface area contributed by atoms with Gasteiger partial charge in [-0.25, -0.2) is 4.79 Å². The number of ether oxygens (including phenoxy) is 2. The lowest BCUT2D eigenvalue weighted by Gasteiger charge is -2.32. The molecule has 1 amide bonds. The Morgan fingerprint density at radius 2 is 1.64 bits per heavy atom. The van der Waals surface area contributed by atoms with Crippen LogP contribution < -0.4 is 10.1 Å². The van der Waals surface area contributed by atoms with E-state index >= 15 is 0 Å². The maximum absolute atomic E-state index is 12.8. The number of nitrogens with one attached hydrogen (secondary N) is 1. The van der Waals surface area contributed by atoms with Crippen LogP contribution in [0.25, 0.3) is 0 Å². The standard InChI is InChI=1S/C28H30N2O3/c31-28(29-27(22-7-3-1-4-8-22)23-9-5-2-6-10-23)33-25-13-16-30(17-14-25)20-21-11-12-26-24(19-21)15-18-32-26/h1-12,19,25,27H,13-18,20H2,(H,29,31). The van der Waals surface area contributed by atoms with Gasteiger partial charge in [-0.15, -0.1) is 0 Å². The van der Waals surface area contributed by atoms with Gasteiger partial charge >= 0.3 is 6.09 Å². The van der Waals surface area contributed by atoms with Gasteiger partial charge in [0.2, 0.25) is 0 Å². The number of fused-ring (bicyclic) bond motifs is 1.